The maximum absolute atomic E-state index is 10.7. The van der Waals surface area contributed by atoms with E-state index in [1.54, 1.807) is 19.3 Å². The van der Waals surface area contributed by atoms with Gasteiger partial charge in [0.05, 0.1) is 6.20 Å². The average Bonchev–Trinajstić information content (AvgIpc) is 2.36. The number of nitrogens with zero attached hydrogens (tertiary/aromatic N) is 2. The van der Waals surface area contributed by atoms with Gasteiger partial charge in [-0.25, -0.2) is 0 Å². The molecule has 0 aromatic carbocycles. The molecule has 1 aromatic heterocycles. The largest absolute Gasteiger partial charge is 0.301 e. The van der Waals surface area contributed by atoms with Crippen LogP contribution >= 0.6 is 0 Å². The first kappa shape index (κ1) is 6.80. The van der Waals surface area contributed by atoms with Gasteiger partial charge in [-0.05, 0) is 0 Å². The van der Waals surface area contributed by atoms with Crippen molar-refractivity contribution in [2.75, 3.05) is 11.9 Å². The second-order valence-electron chi connectivity index (χ2n) is 2.02. The Kier molecular flexibility index (Phi) is 1.71. The number of hydrogen-bond acceptors (Lipinski definition) is 2. The molecule has 0 spiro atoms. The molecule has 0 saturated carbocycles. The van der Waals surface area contributed by atoms with Crippen molar-refractivity contribution in [2.24, 2.45) is 0 Å². The fraction of sp³-hybridized carbons (Fsp3) is 0.333. The number of aromatic nitrogens is 2. The second-order valence-corrected chi connectivity index (χ2v) is 2.02. The van der Waals surface area contributed by atoms with Crippen LogP contribution < -0.4 is 4.90 Å². The highest BCUT2D eigenvalue weighted by Gasteiger charge is 2.04. The Labute approximate surface area is 58.8 Å². The summed E-state index contributed by atoms with van der Waals surface area (Å²) in [5, 5.41) is 6.38. The molecule has 0 unspecified atom stereocenters. The van der Waals surface area contributed by atoms with E-state index in [0.29, 0.717) is 5.82 Å². The quantitative estimate of drug-likeness (QED) is 0.612. The van der Waals surface area contributed by atoms with Gasteiger partial charge in [-0.3, -0.25) is 9.89 Å². The summed E-state index contributed by atoms with van der Waals surface area (Å²) in [6, 6.07) is 1.74. The predicted molar refractivity (Wildman–Crippen MR) is 37.7 cm³/mol. The van der Waals surface area contributed by atoms with Crippen LogP contribution in [0.5, 0.6) is 0 Å². The van der Waals surface area contributed by atoms with Crippen molar-refractivity contribution in [3.8, 4) is 0 Å². The van der Waals surface area contributed by atoms with Crippen molar-refractivity contribution < 1.29 is 4.79 Å². The Morgan fingerprint density at radius 3 is 2.90 bits per heavy atom. The number of carbonyl (C=O) groups excluding carboxylic acids is 1. The maximum Gasteiger partial charge on any atom is 0.224 e. The summed E-state index contributed by atoms with van der Waals surface area (Å²) in [5.41, 5.74) is 0. The lowest BCUT2D eigenvalue weighted by Gasteiger charge is -2.10. The first-order chi connectivity index (χ1) is 4.72. The van der Waals surface area contributed by atoms with Crippen molar-refractivity contribution in [1.82, 2.24) is 10.2 Å². The summed E-state index contributed by atoms with van der Waals surface area (Å²) >= 11 is 0. The van der Waals surface area contributed by atoms with Crippen molar-refractivity contribution >= 4 is 11.7 Å². The van der Waals surface area contributed by atoms with Gasteiger partial charge in [0.25, 0.3) is 0 Å². The minimum Gasteiger partial charge on any atom is -0.301 e. The number of carbonyl (C=O) groups is 1. The molecular formula is C6H9N3O. The van der Waals surface area contributed by atoms with Crippen LogP contribution in [0.15, 0.2) is 12.3 Å². The summed E-state index contributed by atoms with van der Waals surface area (Å²) in [4.78, 5) is 12.2. The summed E-state index contributed by atoms with van der Waals surface area (Å²) in [6.45, 7) is 1.50. The van der Waals surface area contributed by atoms with Gasteiger partial charge in [-0.2, -0.15) is 5.10 Å². The topological polar surface area (TPSA) is 49.0 Å². The molecule has 1 amide bonds. The van der Waals surface area contributed by atoms with Crippen LogP contribution in [0.2, 0.25) is 0 Å². The van der Waals surface area contributed by atoms with Crippen molar-refractivity contribution in [3.63, 3.8) is 0 Å². The number of hydrogen-bond donors (Lipinski definition) is 1. The highest BCUT2D eigenvalue weighted by Crippen LogP contribution is 2.04. The molecule has 1 heterocycles. The SMILES string of the molecule is CC(=O)N(C)c1ccn[nH]1. The van der Waals surface area contributed by atoms with Gasteiger partial charge in [0, 0.05) is 20.0 Å². The lowest BCUT2D eigenvalue weighted by atomic mass is 10.5. The van der Waals surface area contributed by atoms with Gasteiger partial charge in [-0.1, -0.05) is 0 Å². The van der Waals surface area contributed by atoms with Crippen molar-refractivity contribution in [1.29, 1.82) is 0 Å². The molecule has 1 N–H and O–H groups in total. The Balaban J connectivity index is 2.77. The third-order valence-electron chi connectivity index (χ3n) is 1.32. The molecule has 1 aromatic rings. The van der Waals surface area contributed by atoms with Crippen LogP contribution in [0.4, 0.5) is 5.82 Å². The molecule has 0 radical (unpaired) electrons. The predicted octanol–water partition coefficient (Wildman–Crippen LogP) is 0.392. The van der Waals surface area contributed by atoms with Crippen molar-refractivity contribution in [3.05, 3.63) is 12.3 Å². The van der Waals surface area contributed by atoms with Crippen LogP contribution in [-0.2, 0) is 4.79 Å². The monoisotopic (exact) mass is 139 g/mol. The van der Waals surface area contributed by atoms with E-state index < -0.39 is 0 Å². The van der Waals surface area contributed by atoms with Crippen LogP contribution in [0.3, 0.4) is 0 Å². The van der Waals surface area contributed by atoms with E-state index in [0.717, 1.165) is 0 Å². The van der Waals surface area contributed by atoms with E-state index in [9.17, 15) is 4.79 Å². The van der Waals surface area contributed by atoms with Crippen LogP contribution in [0.25, 0.3) is 0 Å². The van der Waals surface area contributed by atoms with Crippen LogP contribution in [-0.4, -0.2) is 23.2 Å². The van der Waals surface area contributed by atoms with Crippen LogP contribution in [0.1, 0.15) is 6.92 Å². The normalized spacial score (nSPS) is 9.40. The lowest BCUT2D eigenvalue weighted by molar-refractivity contribution is -0.116. The third-order valence-corrected chi connectivity index (χ3v) is 1.32. The van der Waals surface area contributed by atoms with E-state index in [1.807, 2.05) is 0 Å². The molecule has 4 nitrogen and oxygen atoms in total. The Morgan fingerprint density at radius 2 is 2.50 bits per heavy atom. The van der Waals surface area contributed by atoms with E-state index in [2.05, 4.69) is 10.2 Å². The Hall–Kier alpha value is -1.32. The standard InChI is InChI=1S/C6H9N3O/c1-5(10)9(2)6-3-4-7-8-6/h3-4H,1-2H3,(H,7,8). The van der Waals surface area contributed by atoms with E-state index in [1.165, 1.54) is 11.8 Å². The zero-order valence-electron chi connectivity index (χ0n) is 5.96. The molecular weight excluding hydrogens is 130 g/mol. The summed E-state index contributed by atoms with van der Waals surface area (Å²) in [6.07, 6.45) is 1.61. The molecule has 0 saturated heterocycles. The molecule has 0 aliphatic carbocycles. The van der Waals surface area contributed by atoms with E-state index in [-0.39, 0.29) is 5.91 Å². The molecule has 0 fully saturated rings. The van der Waals surface area contributed by atoms with Gasteiger partial charge in [0.1, 0.15) is 5.82 Å². The fourth-order valence-electron chi connectivity index (χ4n) is 0.605. The maximum atomic E-state index is 10.7. The van der Waals surface area contributed by atoms with Gasteiger partial charge < -0.3 is 4.90 Å². The van der Waals surface area contributed by atoms with E-state index >= 15 is 0 Å². The van der Waals surface area contributed by atoms with Gasteiger partial charge in [-0.15, -0.1) is 0 Å². The van der Waals surface area contributed by atoms with E-state index in [4.69, 9.17) is 0 Å². The minimum atomic E-state index is -0.00995. The number of anilines is 1. The minimum absolute atomic E-state index is 0.00995. The molecule has 0 aliphatic rings. The van der Waals surface area contributed by atoms with Crippen LogP contribution in [0, 0.1) is 0 Å². The lowest BCUT2D eigenvalue weighted by Crippen LogP contribution is -2.22. The molecule has 1 rings (SSSR count). The highest BCUT2D eigenvalue weighted by atomic mass is 16.2. The molecule has 0 aliphatic heterocycles. The summed E-state index contributed by atoms with van der Waals surface area (Å²) < 4.78 is 0. The molecule has 54 valence electrons. The Morgan fingerprint density at radius 1 is 1.80 bits per heavy atom. The zero-order chi connectivity index (χ0) is 7.56. The number of rotatable bonds is 1. The molecule has 0 atom stereocenters. The number of H-pyrrole nitrogens is 1. The molecule has 10 heavy (non-hydrogen) atoms. The third kappa shape index (κ3) is 1.15. The number of nitrogens with one attached hydrogen (secondary N) is 1. The van der Waals surface area contributed by atoms with Crippen molar-refractivity contribution in [2.45, 2.75) is 6.92 Å². The first-order valence-corrected chi connectivity index (χ1v) is 2.95. The highest BCUT2D eigenvalue weighted by molar-refractivity contribution is 5.89. The summed E-state index contributed by atoms with van der Waals surface area (Å²) in [5.74, 6) is 0.705. The van der Waals surface area contributed by atoms with Gasteiger partial charge in [0.15, 0.2) is 0 Å². The number of amides is 1. The molecule has 0 bridgehead atoms. The second kappa shape index (κ2) is 2.51. The first-order valence-electron chi connectivity index (χ1n) is 2.95. The smallest absolute Gasteiger partial charge is 0.224 e. The number of aromatic amines is 1. The fourth-order valence-corrected chi connectivity index (χ4v) is 0.605. The Bertz CT molecular complexity index is 217. The zero-order valence-corrected chi connectivity index (χ0v) is 5.96. The van der Waals surface area contributed by atoms with Gasteiger partial charge >= 0.3 is 0 Å². The van der Waals surface area contributed by atoms with Gasteiger partial charge in [0.2, 0.25) is 5.91 Å². The average molecular weight is 139 g/mol. The molecule has 4 heteroatoms. The summed E-state index contributed by atoms with van der Waals surface area (Å²) in [7, 11) is 1.69.